The Balaban J connectivity index is 0.619. The smallest absolute Gasteiger partial charge is 0.262 e. The van der Waals surface area contributed by atoms with Crippen LogP contribution in [0.5, 0.6) is 0 Å². The number of piperazine rings is 2. The molecule has 4 fully saturated rings. The molecule has 2 atom stereocenters. The molecule has 9 heterocycles. The average molecular weight is 949 g/mol. The molecule has 6 aliphatic rings. The van der Waals surface area contributed by atoms with E-state index >= 15 is 0 Å². The lowest BCUT2D eigenvalue weighted by molar-refractivity contribution is -0.125. The zero-order valence-electron chi connectivity index (χ0n) is 40.1. The number of H-pyrrole nitrogens is 1. The molecule has 3 N–H and O–H groups in total. The number of anilines is 4. The van der Waals surface area contributed by atoms with Gasteiger partial charge in [-0.05, 0) is 117 Å². The number of pyridine rings is 1. The van der Waals surface area contributed by atoms with Crippen LogP contribution in [0.4, 0.5) is 23.1 Å². The normalized spacial score (nSPS) is 22.0. The summed E-state index contributed by atoms with van der Waals surface area (Å²) in [6.45, 7) is 20.6. The molecule has 0 bridgehead atoms. The minimum atomic E-state index is -0.805. The Kier molecular flexibility index (Phi) is 12.1. The summed E-state index contributed by atoms with van der Waals surface area (Å²) in [7, 11) is 1.85. The van der Waals surface area contributed by atoms with Crippen molar-refractivity contribution in [2.45, 2.75) is 51.6 Å². The van der Waals surface area contributed by atoms with Gasteiger partial charge in [-0.25, -0.2) is 9.67 Å². The highest BCUT2D eigenvalue weighted by atomic mass is 16.2. The number of amides is 4. The van der Waals surface area contributed by atoms with Crippen LogP contribution in [0.15, 0.2) is 78.3 Å². The molecule has 1 unspecified atom stereocenters. The Morgan fingerprint density at radius 2 is 1.56 bits per heavy atom. The molecule has 4 amide bonds. The maximum Gasteiger partial charge on any atom is 0.262 e. The molecule has 20 heteroatoms. The van der Waals surface area contributed by atoms with Crippen LogP contribution < -0.4 is 25.3 Å². The second kappa shape index (κ2) is 18.7. The fourth-order valence-corrected chi connectivity index (χ4v) is 11.2. The van der Waals surface area contributed by atoms with E-state index in [4.69, 9.17) is 10.1 Å². The highest BCUT2D eigenvalue weighted by molar-refractivity contribution is 6.23. The van der Waals surface area contributed by atoms with Crippen molar-refractivity contribution in [2.24, 2.45) is 5.92 Å². The van der Waals surface area contributed by atoms with Crippen molar-refractivity contribution in [3.8, 4) is 11.3 Å². The highest BCUT2D eigenvalue weighted by Crippen LogP contribution is 2.35. The summed E-state index contributed by atoms with van der Waals surface area (Å²) in [5.74, 6) is 0.878. The van der Waals surface area contributed by atoms with Crippen LogP contribution in [0.1, 0.15) is 66.3 Å². The van der Waals surface area contributed by atoms with E-state index in [1.54, 1.807) is 10.7 Å². The lowest BCUT2D eigenvalue weighted by atomic mass is 9.96. The number of carbonyl (C=O) groups excluding carboxylic acids is 4. The third-order valence-corrected chi connectivity index (χ3v) is 15.5. The predicted molar refractivity (Wildman–Crippen MR) is 265 cm³/mol. The SMILES string of the molecule is C=C1CCC(N2C(=O)c3ccc(N4CCN(CC5CCN(CCN6CCN(c7cc(-c8n[nH]c9ccc(NC(=O)C%10=C(C)N(C)c%11nnnn%11[C@H]%10C)cc89)ccn7)CC6)CC5)CC4)cc3C2=O)C(=O)N1. The summed E-state index contributed by atoms with van der Waals surface area (Å²) in [6.07, 6.45) is 5.21. The number of nitrogens with one attached hydrogen (secondary N) is 3. The van der Waals surface area contributed by atoms with E-state index in [0.29, 0.717) is 52.8 Å². The number of nitrogens with zero attached hydrogens (tertiary/aromatic N) is 13. The Labute approximate surface area is 406 Å². The van der Waals surface area contributed by atoms with Gasteiger partial charge in [0.2, 0.25) is 11.9 Å². The number of tetrazole rings is 1. The molecule has 5 aromatic rings. The van der Waals surface area contributed by atoms with Gasteiger partial charge in [0.15, 0.2) is 0 Å². The van der Waals surface area contributed by atoms with E-state index in [0.717, 1.165) is 129 Å². The first-order valence-electron chi connectivity index (χ1n) is 24.6. The standard InChI is InChI=1S/C50H60N16O4/c1-31-5-10-42(46(67)52-31)65-48(69)38-8-7-37(29-39(38)49(65)70)63-23-21-62(22-24-63)30-34-12-15-60(16-13-34)17-18-61-19-25-64(26-20-61)43-27-35(11-14-51-43)45-40-28-36(6-9-41(40)54-55-45)53-47(68)44-32(2)59(4)50-56-57-58-66(50)33(44)3/h6-9,11,14,27-29,33-34,42H,1,5,10,12-13,15-26,30H2,2-4H3,(H,52,67)(H,53,68)(H,54,55)/t33-,42?/m0/s1. The number of imide groups is 1. The molecule has 2 aromatic carbocycles. The van der Waals surface area contributed by atoms with Crippen LogP contribution in [-0.4, -0.2) is 177 Å². The molecule has 6 aliphatic heterocycles. The summed E-state index contributed by atoms with van der Waals surface area (Å²) in [4.78, 5) is 73.2. The van der Waals surface area contributed by atoms with Crippen LogP contribution in [-0.2, 0) is 9.59 Å². The van der Waals surface area contributed by atoms with Crippen LogP contribution in [0, 0.1) is 5.92 Å². The molecule has 20 nitrogen and oxygen atoms in total. The van der Waals surface area contributed by atoms with Gasteiger partial charge in [0, 0.05) is 119 Å². The second-order valence-corrected chi connectivity index (χ2v) is 19.6. The van der Waals surface area contributed by atoms with Crippen molar-refractivity contribution in [3.05, 3.63) is 89.4 Å². The molecular weight excluding hydrogens is 889 g/mol. The minimum absolute atomic E-state index is 0.206. The number of piperidine rings is 2. The van der Waals surface area contributed by atoms with E-state index in [1.165, 1.54) is 12.8 Å². The van der Waals surface area contributed by atoms with E-state index in [1.807, 2.05) is 68.4 Å². The zero-order chi connectivity index (χ0) is 48.2. The first kappa shape index (κ1) is 45.4. The van der Waals surface area contributed by atoms with Crippen molar-refractivity contribution in [2.75, 3.05) is 112 Å². The number of rotatable bonds is 11. The van der Waals surface area contributed by atoms with Crippen molar-refractivity contribution < 1.29 is 19.2 Å². The fraction of sp³-hybridized carbons (Fsp3) is 0.460. The Hall–Kier alpha value is -7.03. The van der Waals surface area contributed by atoms with Gasteiger partial charge in [-0.2, -0.15) is 5.10 Å². The third-order valence-electron chi connectivity index (χ3n) is 15.5. The Morgan fingerprint density at radius 1 is 0.829 bits per heavy atom. The maximum atomic E-state index is 13.7. The second-order valence-electron chi connectivity index (χ2n) is 19.6. The molecule has 0 saturated carbocycles. The van der Waals surface area contributed by atoms with Crippen molar-refractivity contribution >= 4 is 57.7 Å². The molecule has 0 aliphatic carbocycles. The van der Waals surface area contributed by atoms with E-state index < -0.39 is 11.9 Å². The number of allylic oxidation sites excluding steroid dienone is 2. The van der Waals surface area contributed by atoms with Gasteiger partial charge in [0.25, 0.3) is 17.7 Å². The van der Waals surface area contributed by atoms with Gasteiger partial charge in [0.1, 0.15) is 17.6 Å². The van der Waals surface area contributed by atoms with Crippen molar-refractivity contribution in [3.63, 3.8) is 0 Å². The molecule has 11 rings (SSSR count). The molecule has 4 saturated heterocycles. The largest absolute Gasteiger partial charge is 0.369 e. The molecule has 70 heavy (non-hydrogen) atoms. The Bertz CT molecular complexity index is 2900. The molecular formula is C50H60N16O4. The average Bonchev–Trinajstić information content (AvgIpc) is 4.10. The number of fused-ring (bicyclic) bond motifs is 3. The fourth-order valence-electron chi connectivity index (χ4n) is 11.2. The molecule has 3 aromatic heterocycles. The zero-order valence-corrected chi connectivity index (χ0v) is 40.1. The van der Waals surface area contributed by atoms with E-state index in [9.17, 15) is 19.2 Å². The number of benzene rings is 2. The topological polar surface area (TPSA) is 200 Å². The number of hydrogen-bond donors (Lipinski definition) is 3. The quantitative estimate of drug-likeness (QED) is 0.162. The van der Waals surface area contributed by atoms with Gasteiger partial charge >= 0.3 is 0 Å². The minimum Gasteiger partial charge on any atom is -0.369 e. The summed E-state index contributed by atoms with van der Waals surface area (Å²) < 4.78 is 1.66. The monoisotopic (exact) mass is 948 g/mol. The van der Waals surface area contributed by atoms with E-state index in [-0.39, 0.29) is 23.8 Å². The van der Waals surface area contributed by atoms with Crippen LogP contribution >= 0.6 is 0 Å². The predicted octanol–water partition coefficient (Wildman–Crippen LogP) is 3.58. The van der Waals surface area contributed by atoms with E-state index in [2.05, 4.69) is 68.4 Å². The Morgan fingerprint density at radius 3 is 2.33 bits per heavy atom. The summed E-state index contributed by atoms with van der Waals surface area (Å²) in [5.41, 5.74) is 7.02. The number of carbonyl (C=O) groups is 4. The maximum absolute atomic E-state index is 13.7. The molecule has 0 spiro atoms. The van der Waals surface area contributed by atoms with Crippen LogP contribution in [0.3, 0.4) is 0 Å². The lowest BCUT2D eigenvalue weighted by Gasteiger charge is -2.40. The summed E-state index contributed by atoms with van der Waals surface area (Å²) in [5, 5.41) is 26.6. The summed E-state index contributed by atoms with van der Waals surface area (Å²) >= 11 is 0. The number of likely N-dealkylation sites (tertiary alicyclic amines) is 1. The number of aromatic nitrogens is 7. The van der Waals surface area contributed by atoms with Gasteiger partial charge in [-0.3, -0.25) is 39.0 Å². The lowest BCUT2D eigenvalue weighted by Crippen LogP contribution is -2.51. The van der Waals surface area contributed by atoms with Gasteiger partial charge in [-0.15, -0.1) is 0 Å². The van der Waals surface area contributed by atoms with Crippen molar-refractivity contribution in [1.29, 1.82) is 0 Å². The van der Waals surface area contributed by atoms with Crippen LogP contribution in [0.2, 0.25) is 0 Å². The first-order chi connectivity index (χ1) is 34.0. The number of aromatic amines is 1. The summed E-state index contributed by atoms with van der Waals surface area (Å²) in [6, 6.07) is 14.3. The number of hydrogen-bond acceptors (Lipinski definition) is 15. The molecule has 0 radical (unpaired) electrons. The van der Waals surface area contributed by atoms with Crippen molar-refractivity contribution in [1.82, 2.24) is 60.3 Å². The van der Waals surface area contributed by atoms with Gasteiger partial charge < -0.3 is 30.2 Å². The van der Waals surface area contributed by atoms with Gasteiger partial charge in [0.05, 0.1) is 28.3 Å². The van der Waals surface area contributed by atoms with Crippen LogP contribution in [0.25, 0.3) is 22.2 Å². The highest BCUT2D eigenvalue weighted by Gasteiger charge is 2.44. The van der Waals surface area contributed by atoms with Gasteiger partial charge in [-0.1, -0.05) is 11.7 Å². The first-order valence-corrected chi connectivity index (χ1v) is 24.6. The third kappa shape index (κ3) is 8.57. The molecule has 364 valence electrons.